The minimum absolute atomic E-state index is 0.000827. The van der Waals surface area contributed by atoms with E-state index in [4.69, 9.17) is 9.15 Å². The van der Waals surface area contributed by atoms with Crippen LogP contribution in [0.4, 0.5) is 10.5 Å². The van der Waals surface area contributed by atoms with E-state index in [1.165, 1.54) is 18.4 Å². The molecule has 2 aromatic rings. The molecule has 0 saturated heterocycles. The molecule has 0 spiro atoms. The first-order valence-electron chi connectivity index (χ1n) is 9.61. The maximum Gasteiger partial charge on any atom is 0.412 e. The highest BCUT2D eigenvalue weighted by Gasteiger charge is 2.22. The molecular formula is C20H26N2O5S. The third-order valence-electron chi connectivity index (χ3n) is 4.82. The van der Waals surface area contributed by atoms with Crippen molar-refractivity contribution >= 4 is 21.8 Å². The Kier molecular flexibility index (Phi) is 6.74. The molecule has 28 heavy (non-hydrogen) atoms. The number of hydrogen-bond acceptors (Lipinski definition) is 5. The van der Waals surface area contributed by atoms with Crippen molar-refractivity contribution in [3.05, 3.63) is 48.4 Å². The second kappa shape index (κ2) is 9.25. The van der Waals surface area contributed by atoms with Gasteiger partial charge in [-0.05, 0) is 55.7 Å². The van der Waals surface area contributed by atoms with Gasteiger partial charge in [-0.25, -0.2) is 17.9 Å². The van der Waals surface area contributed by atoms with Crippen LogP contribution in [0.3, 0.4) is 0 Å². The number of benzene rings is 1. The second-order valence-electron chi connectivity index (χ2n) is 6.92. The van der Waals surface area contributed by atoms with Crippen LogP contribution < -0.4 is 10.0 Å². The normalized spacial score (nSPS) is 16.5. The number of ether oxygens (including phenoxy) is 1. The van der Waals surface area contributed by atoms with E-state index < -0.39 is 22.2 Å². The number of anilines is 1. The van der Waals surface area contributed by atoms with E-state index in [0.29, 0.717) is 17.9 Å². The summed E-state index contributed by atoms with van der Waals surface area (Å²) in [5.41, 5.74) is 0.455. The van der Waals surface area contributed by atoms with Gasteiger partial charge in [0.1, 0.15) is 5.76 Å². The van der Waals surface area contributed by atoms with Crippen LogP contribution >= 0.6 is 0 Å². The number of carbonyl (C=O) groups excluding carboxylic acids is 1. The van der Waals surface area contributed by atoms with Crippen LogP contribution in [0.25, 0.3) is 0 Å². The number of rotatable bonds is 7. The summed E-state index contributed by atoms with van der Waals surface area (Å²) in [6, 6.07) is 9.53. The Morgan fingerprint density at radius 2 is 1.89 bits per heavy atom. The summed E-state index contributed by atoms with van der Waals surface area (Å²) in [6.07, 6.45) is 6.01. The van der Waals surface area contributed by atoms with E-state index in [1.54, 1.807) is 24.3 Å². The molecular weight excluding hydrogens is 380 g/mol. The molecule has 7 nitrogen and oxygen atoms in total. The molecule has 1 fully saturated rings. The standard InChI is InChI=1S/C20H26N2O5S/c1-2-18(19-9-6-14-26-19)27-20(23)21-15-10-12-17(13-11-15)28(24,25)22-16-7-4-3-5-8-16/h6,9-14,16,18,22H,2-5,7-8H2,1H3,(H,21,23)/t18-/m0/s1. The lowest BCUT2D eigenvalue weighted by atomic mass is 9.96. The van der Waals surface area contributed by atoms with Gasteiger partial charge in [0.25, 0.3) is 0 Å². The first-order chi connectivity index (χ1) is 13.5. The molecule has 1 aliphatic rings. The number of nitrogens with one attached hydrogen (secondary N) is 2. The van der Waals surface area contributed by atoms with Gasteiger partial charge >= 0.3 is 6.09 Å². The van der Waals surface area contributed by atoms with Gasteiger partial charge < -0.3 is 9.15 Å². The minimum atomic E-state index is -3.56. The van der Waals surface area contributed by atoms with Gasteiger partial charge in [-0.2, -0.15) is 0 Å². The Morgan fingerprint density at radius 3 is 2.50 bits per heavy atom. The zero-order valence-corrected chi connectivity index (χ0v) is 16.7. The topological polar surface area (TPSA) is 97.6 Å². The third kappa shape index (κ3) is 5.36. The number of amides is 1. The van der Waals surface area contributed by atoms with Crippen LogP contribution in [-0.2, 0) is 14.8 Å². The Bertz CT molecular complexity index is 857. The summed E-state index contributed by atoms with van der Waals surface area (Å²) in [5, 5.41) is 2.61. The van der Waals surface area contributed by atoms with E-state index in [0.717, 1.165) is 32.1 Å². The lowest BCUT2D eigenvalue weighted by molar-refractivity contribution is 0.0943. The van der Waals surface area contributed by atoms with Crippen LogP contribution in [0, 0.1) is 0 Å². The van der Waals surface area contributed by atoms with Crippen LogP contribution in [0.2, 0.25) is 0 Å². The Labute approximate surface area is 165 Å². The van der Waals surface area contributed by atoms with E-state index in [9.17, 15) is 13.2 Å². The second-order valence-corrected chi connectivity index (χ2v) is 8.64. The van der Waals surface area contributed by atoms with Crippen molar-refractivity contribution in [1.82, 2.24) is 4.72 Å². The fraction of sp³-hybridized carbons (Fsp3) is 0.450. The van der Waals surface area contributed by atoms with Crippen LogP contribution in [0.1, 0.15) is 57.3 Å². The zero-order chi connectivity index (χ0) is 20.0. The van der Waals surface area contributed by atoms with E-state index in [1.807, 2.05) is 6.92 Å². The van der Waals surface area contributed by atoms with E-state index >= 15 is 0 Å². The predicted octanol–water partition coefficient (Wildman–Crippen LogP) is 4.59. The van der Waals surface area contributed by atoms with E-state index in [2.05, 4.69) is 10.0 Å². The van der Waals surface area contributed by atoms with Gasteiger partial charge in [0.05, 0.1) is 11.2 Å². The van der Waals surface area contributed by atoms with Gasteiger partial charge in [0.2, 0.25) is 10.0 Å². The Balaban J connectivity index is 1.58. The van der Waals surface area contributed by atoms with Crippen molar-refractivity contribution in [2.45, 2.75) is 62.5 Å². The van der Waals surface area contributed by atoms with Crippen LogP contribution in [0.5, 0.6) is 0 Å². The molecule has 2 N–H and O–H groups in total. The SMILES string of the molecule is CC[C@H](OC(=O)Nc1ccc(S(=O)(=O)NC2CCCCC2)cc1)c1ccco1. The van der Waals surface area contributed by atoms with Gasteiger partial charge in [-0.1, -0.05) is 26.2 Å². The molecule has 1 atom stereocenters. The molecule has 8 heteroatoms. The molecule has 3 rings (SSSR count). The van der Waals surface area contributed by atoms with Crippen molar-refractivity contribution in [1.29, 1.82) is 0 Å². The monoisotopic (exact) mass is 406 g/mol. The summed E-state index contributed by atoms with van der Waals surface area (Å²) < 4.78 is 38.4. The van der Waals surface area contributed by atoms with E-state index in [-0.39, 0.29) is 10.9 Å². The molecule has 0 bridgehead atoms. The average molecular weight is 407 g/mol. The number of furan rings is 1. The van der Waals surface area contributed by atoms with Crippen molar-refractivity contribution < 1.29 is 22.4 Å². The quantitative estimate of drug-likeness (QED) is 0.701. The smallest absolute Gasteiger partial charge is 0.412 e. The number of hydrogen-bond donors (Lipinski definition) is 2. The van der Waals surface area contributed by atoms with Crippen molar-refractivity contribution in [2.24, 2.45) is 0 Å². The molecule has 0 radical (unpaired) electrons. The number of sulfonamides is 1. The molecule has 1 heterocycles. The highest BCUT2D eigenvalue weighted by atomic mass is 32.2. The number of carbonyl (C=O) groups is 1. The van der Waals surface area contributed by atoms with Gasteiger partial charge in [-0.15, -0.1) is 0 Å². The summed E-state index contributed by atoms with van der Waals surface area (Å²) >= 11 is 0. The zero-order valence-electron chi connectivity index (χ0n) is 15.9. The molecule has 1 aromatic heterocycles. The van der Waals surface area contributed by atoms with Gasteiger partial charge in [0.15, 0.2) is 6.10 Å². The first-order valence-corrected chi connectivity index (χ1v) is 11.1. The third-order valence-corrected chi connectivity index (χ3v) is 6.36. The van der Waals surface area contributed by atoms with Crippen molar-refractivity contribution in [3.63, 3.8) is 0 Å². The molecule has 1 aliphatic carbocycles. The largest absolute Gasteiger partial charge is 0.465 e. The maximum absolute atomic E-state index is 12.5. The lowest BCUT2D eigenvalue weighted by Gasteiger charge is -2.22. The average Bonchev–Trinajstić information content (AvgIpc) is 3.21. The molecule has 0 unspecified atom stereocenters. The minimum Gasteiger partial charge on any atom is -0.465 e. The Morgan fingerprint density at radius 1 is 1.18 bits per heavy atom. The summed E-state index contributed by atoms with van der Waals surface area (Å²) in [7, 11) is -3.56. The first kappa shape index (κ1) is 20.4. The lowest BCUT2D eigenvalue weighted by Crippen LogP contribution is -2.36. The fourth-order valence-electron chi connectivity index (χ4n) is 3.32. The van der Waals surface area contributed by atoms with Gasteiger partial charge in [-0.3, -0.25) is 5.32 Å². The maximum atomic E-state index is 12.5. The molecule has 0 aliphatic heterocycles. The molecule has 1 aromatic carbocycles. The summed E-state index contributed by atoms with van der Waals surface area (Å²) in [6.45, 7) is 1.89. The van der Waals surface area contributed by atoms with Crippen LogP contribution in [-0.4, -0.2) is 20.6 Å². The summed E-state index contributed by atoms with van der Waals surface area (Å²) in [4.78, 5) is 12.3. The highest BCUT2D eigenvalue weighted by molar-refractivity contribution is 7.89. The Hall–Kier alpha value is -2.32. The predicted molar refractivity (Wildman–Crippen MR) is 105 cm³/mol. The van der Waals surface area contributed by atoms with Crippen molar-refractivity contribution in [3.8, 4) is 0 Å². The molecule has 152 valence electrons. The van der Waals surface area contributed by atoms with Crippen LogP contribution in [0.15, 0.2) is 52.0 Å². The summed E-state index contributed by atoms with van der Waals surface area (Å²) in [5.74, 6) is 0.577. The van der Waals surface area contributed by atoms with Gasteiger partial charge in [0, 0.05) is 11.7 Å². The van der Waals surface area contributed by atoms with Crippen molar-refractivity contribution in [2.75, 3.05) is 5.32 Å². The molecule has 1 amide bonds. The molecule has 1 saturated carbocycles. The highest BCUT2D eigenvalue weighted by Crippen LogP contribution is 2.23. The fourth-order valence-corrected chi connectivity index (χ4v) is 4.62.